The summed E-state index contributed by atoms with van der Waals surface area (Å²) in [7, 11) is 1.66. The molecule has 1 aromatic rings. The molecular weight excluding hydrogens is 374 g/mol. The van der Waals surface area contributed by atoms with Gasteiger partial charge >= 0.3 is 12.1 Å². The number of carbonyl (C=O) groups excluding carboxylic acids is 1. The van der Waals surface area contributed by atoms with Crippen LogP contribution in [-0.2, 0) is 16.0 Å². The normalized spacial score (nSPS) is 12.5. The lowest BCUT2D eigenvalue weighted by molar-refractivity contribution is -0.142. The number of rotatable bonds is 7. The molecule has 1 aromatic carbocycles. The molecule has 0 aromatic heterocycles. The summed E-state index contributed by atoms with van der Waals surface area (Å²) in [5, 5.41) is 9.41. The second kappa shape index (κ2) is 9.06. The SMILES string of the molecule is CN(CCCC(Cc1cccc(Br)c1)C(=O)O)C(=O)OC(C)(C)C. The zero-order valence-corrected chi connectivity index (χ0v) is 16.3. The van der Waals surface area contributed by atoms with E-state index in [-0.39, 0.29) is 6.09 Å². The van der Waals surface area contributed by atoms with Crippen LogP contribution in [-0.4, -0.2) is 41.3 Å². The molecule has 0 spiro atoms. The number of halogens is 1. The average molecular weight is 400 g/mol. The molecular formula is C18H26BrNO4. The Hall–Kier alpha value is -1.56. The van der Waals surface area contributed by atoms with E-state index in [0.717, 1.165) is 10.0 Å². The molecule has 1 atom stereocenters. The fourth-order valence-corrected chi connectivity index (χ4v) is 2.71. The second-order valence-electron chi connectivity index (χ2n) is 6.91. The molecule has 5 nitrogen and oxygen atoms in total. The molecule has 0 radical (unpaired) electrons. The van der Waals surface area contributed by atoms with Crippen LogP contribution in [0.1, 0.15) is 39.2 Å². The van der Waals surface area contributed by atoms with Gasteiger partial charge in [0, 0.05) is 18.1 Å². The topological polar surface area (TPSA) is 66.8 Å². The molecule has 6 heteroatoms. The molecule has 0 fully saturated rings. The Balaban J connectivity index is 2.49. The average Bonchev–Trinajstić information content (AvgIpc) is 2.44. The number of carboxylic acid groups (broad SMARTS) is 1. The number of hydrogen-bond donors (Lipinski definition) is 1. The van der Waals surface area contributed by atoms with E-state index in [1.807, 2.05) is 45.0 Å². The highest BCUT2D eigenvalue weighted by atomic mass is 79.9. The van der Waals surface area contributed by atoms with Gasteiger partial charge in [-0.2, -0.15) is 0 Å². The van der Waals surface area contributed by atoms with Crippen LogP contribution in [0, 0.1) is 5.92 Å². The number of hydrogen-bond acceptors (Lipinski definition) is 3. The van der Waals surface area contributed by atoms with Crippen LogP contribution in [0.4, 0.5) is 4.79 Å². The van der Waals surface area contributed by atoms with Crippen LogP contribution >= 0.6 is 15.9 Å². The molecule has 0 bridgehead atoms. The zero-order valence-electron chi connectivity index (χ0n) is 14.7. The summed E-state index contributed by atoms with van der Waals surface area (Å²) in [5.74, 6) is -1.28. The van der Waals surface area contributed by atoms with Gasteiger partial charge in [-0.05, 0) is 57.7 Å². The second-order valence-corrected chi connectivity index (χ2v) is 7.83. The van der Waals surface area contributed by atoms with Crippen molar-refractivity contribution in [1.29, 1.82) is 0 Å². The smallest absolute Gasteiger partial charge is 0.410 e. The Kier molecular flexibility index (Phi) is 7.73. The molecule has 0 aliphatic rings. The lowest BCUT2D eigenvalue weighted by Crippen LogP contribution is -2.35. The van der Waals surface area contributed by atoms with Crippen LogP contribution in [0.15, 0.2) is 28.7 Å². The monoisotopic (exact) mass is 399 g/mol. The predicted molar refractivity (Wildman–Crippen MR) is 97.1 cm³/mol. The van der Waals surface area contributed by atoms with Crippen molar-refractivity contribution in [2.24, 2.45) is 5.92 Å². The lowest BCUT2D eigenvalue weighted by atomic mass is 9.95. The number of benzene rings is 1. The molecule has 0 aliphatic heterocycles. The lowest BCUT2D eigenvalue weighted by Gasteiger charge is -2.25. The molecule has 1 rings (SSSR count). The summed E-state index contributed by atoms with van der Waals surface area (Å²) < 4.78 is 6.22. The Morgan fingerprint density at radius 1 is 1.33 bits per heavy atom. The van der Waals surface area contributed by atoms with Gasteiger partial charge in [-0.3, -0.25) is 4.79 Å². The van der Waals surface area contributed by atoms with Crippen molar-refractivity contribution >= 4 is 28.0 Å². The molecule has 1 amide bonds. The largest absolute Gasteiger partial charge is 0.481 e. The van der Waals surface area contributed by atoms with E-state index in [1.54, 1.807) is 7.05 Å². The van der Waals surface area contributed by atoms with Crippen LogP contribution in [0.3, 0.4) is 0 Å². The van der Waals surface area contributed by atoms with Crippen LogP contribution in [0.2, 0.25) is 0 Å². The Morgan fingerprint density at radius 2 is 2.00 bits per heavy atom. The molecule has 134 valence electrons. The van der Waals surface area contributed by atoms with E-state index in [9.17, 15) is 14.7 Å². The summed E-state index contributed by atoms with van der Waals surface area (Å²) in [6.45, 7) is 5.92. The predicted octanol–water partition coefficient (Wildman–Crippen LogP) is 4.34. The third kappa shape index (κ3) is 7.81. The van der Waals surface area contributed by atoms with Gasteiger partial charge in [-0.1, -0.05) is 28.1 Å². The summed E-state index contributed by atoms with van der Waals surface area (Å²) in [4.78, 5) is 24.8. The standard InChI is InChI=1S/C18H26BrNO4/c1-18(2,3)24-17(23)20(4)10-6-8-14(16(21)22)11-13-7-5-9-15(19)12-13/h5,7,9,12,14H,6,8,10-11H2,1-4H3,(H,21,22). The number of ether oxygens (including phenoxy) is 1. The highest BCUT2D eigenvalue weighted by Crippen LogP contribution is 2.19. The van der Waals surface area contributed by atoms with E-state index in [2.05, 4.69) is 15.9 Å². The minimum Gasteiger partial charge on any atom is -0.481 e. The summed E-state index contributed by atoms with van der Waals surface area (Å²) in [6, 6.07) is 7.67. The Labute approximate surface area is 152 Å². The molecule has 0 saturated heterocycles. The quantitative estimate of drug-likeness (QED) is 0.740. The van der Waals surface area contributed by atoms with Crippen LogP contribution in [0.25, 0.3) is 0 Å². The van der Waals surface area contributed by atoms with Gasteiger partial charge in [0.1, 0.15) is 5.60 Å². The van der Waals surface area contributed by atoms with E-state index < -0.39 is 17.5 Å². The van der Waals surface area contributed by atoms with Crippen molar-refractivity contribution in [3.63, 3.8) is 0 Å². The van der Waals surface area contributed by atoms with Crippen molar-refractivity contribution in [1.82, 2.24) is 4.90 Å². The highest BCUT2D eigenvalue weighted by Gasteiger charge is 2.21. The third-order valence-corrected chi connectivity index (χ3v) is 3.96. The Bertz CT molecular complexity index is 568. The fraction of sp³-hybridized carbons (Fsp3) is 0.556. The summed E-state index contributed by atoms with van der Waals surface area (Å²) in [6.07, 6.45) is 1.21. The van der Waals surface area contributed by atoms with E-state index >= 15 is 0 Å². The maximum Gasteiger partial charge on any atom is 0.410 e. The van der Waals surface area contributed by atoms with Gasteiger partial charge < -0.3 is 14.7 Å². The minimum absolute atomic E-state index is 0.388. The van der Waals surface area contributed by atoms with Crippen molar-refractivity contribution in [2.45, 2.75) is 45.6 Å². The first-order chi connectivity index (χ1) is 11.1. The summed E-state index contributed by atoms with van der Waals surface area (Å²) >= 11 is 3.40. The minimum atomic E-state index is -0.810. The highest BCUT2D eigenvalue weighted by molar-refractivity contribution is 9.10. The molecule has 0 aliphatic carbocycles. The van der Waals surface area contributed by atoms with Gasteiger partial charge in [0.05, 0.1) is 5.92 Å². The molecule has 1 unspecified atom stereocenters. The van der Waals surface area contributed by atoms with Gasteiger partial charge in [0.2, 0.25) is 0 Å². The molecule has 1 N–H and O–H groups in total. The number of nitrogens with zero attached hydrogens (tertiary/aromatic N) is 1. The van der Waals surface area contributed by atoms with Gasteiger partial charge in [-0.15, -0.1) is 0 Å². The van der Waals surface area contributed by atoms with E-state index in [1.165, 1.54) is 4.90 Å². The van der Waals surface area contributed by atoms with Gasteiger partial charge in [0.15, 0.2) is 0 Å². The van der Waals surface area contributed by atoms with Crippen molar-refractivity contribution in [3.05, 3.63) is 34.3 Å². The number of aliphatic carboxylic acids is 1. The fourth-order valence-electron chi connectivity index (χ4n) is 2.27. The third-order valence-electron chi connectivity index (χ3n) is 3.47. The zero-order chi connectivity index (χ0) is 18.3. The van der Waals surface area contributed by atoms with Crippen LogP contribution < -0.4 is 0 Å². The van der Waals surface area contributed by atoms with Gasteiger partial charge in [0.25, 0.3) is 0 Å². The number of carboxylic acids is 1. The number of carbonyl (C=O) groups is 2. The van der Waals surface area contributed by atoms with E-state index in [4.69, 9.17) is 4.74 Å². The first kappa shape index (κ1) is 20.5. The van der Waals surface area contributed by atoms with Crippen molar-refractivity contribution in [3.8, 4) is 0 Å². The maximum atomic E-state index is 11.9. The Morgan fingerprint density at radius 3 is 2.54 bits per heavy atom. The molecule has 24 heavy (non-hydrogen) atoms. The first-order valence-corrected chi connectivity index (χ1v) is 8.79. The van der Waals surface area contributed by atoms with E-state index in [0.29, 0.717) is 25.8 Å². The molecule has 0 saturated carbocycles. The molecule has 0 heterocycles. The number of amides is 1. The van der Waals surface area contributed by atoms with Crippen LogP contribution in [0.5, 0.6) is 0 Å². The van der Waals surface area contributed by atoms with Crippen molar-refractivity contribution in [2.75, 3.05) is 13.6 Å². The first-order valence-electron chi connectivity index (χ1n) is 8.00. The van der Waals surface area contributed by atoms with Gasteiger partial charge in [-0.25, -0.2) is 4.79 Å². The summed E-state index contributed by atoms with van der Waals surface area (Å²) in [5.41, 5.74) is 0.451. The maximum absolute atomic E-state index is 11.9. The van der Waals surface area contributed by atoms with Crippen molar-refractivity contribution < 1.29 is 19.4 Å².